The van der Waals surface area contributed by atoms with Crippen LogP contribution in [-0.4, -0.2) is 5.17 Å². The second kappa shape index (κ2) is 7.13. The molecule has 0 radical (unpaired) electrons. The van der Waals surface area contributed by atoms with Gasteiger partial charge in [0, 0.05) is 16.3 Å². The van der Waals surface area contributed by atoms with Crippen LogP contribution in [0.4, 0.5) is 11.4 Å². The molecule has 5 nitrogen and oxygen atoms in total. The lowest BCUT2D eigenvalue weighted by molar-refractivity contribution is 0.300. The highest BCUT2D eigenvalue weighted by molar-refractivity contribution is 7.80. The maximum absolute atomic E-state index is 8.50. The largest absolute Gasteiger partial charge is 0.466 e. The monoisotopic (exact) mass is 284 g/mol. The summed E-state index contributed by atoms with van der Waals surface area (Å²) < 4.78 is 5.46. The lowest BCUT2D eigenvalue weighted by Crippen LogP contribution is -2.13. The first kappa shape index (κ1) is 13.9. The van der Waals surface area contributed by atoms with Crippen LogP contribution in [0.1, 0.15) is 5.56 Å². The number of benzene rings is 2. The van der Waals surface area contributed by atoms with Gasteiger partial charge in [-0.15, -0.1) is 0 Å². The first-order valence-corrected chi connectivity index (χ1v) is 6.32. The summed E-state index contributed by atoms with van der Waals surface area (Å²) in [6.07, 6.45) is 0. The Balaban J connectivity index is 1.95. The highest BCUT2D eigenvalue weighted by atomic mass is 32.1. The predicted octanol–water partition coefficient (Wildman–Crippen LogP) is 4.54. The lowest BCUT2D eigenvalue weighted by Gasteiger charge is -2.10. The molecule has 0 amide bonds. The maximum atomic E-state index is 8.50. The van der Waals surface area contributed by atoms with E-state index >= 15 is 0 Å². The molecular weight excluding hydrogens is 272 g/mol. The third-order valence-electron chi connectivity index (χ3n) is 2.52. The van der Waals surface area contributed by atoms with E-state index in [1.54, 1.807) is 12.1 Å². The number of anilines is 1. The van der Waals surface area contributed by atoms with E-state index in [1.165, 1.54) is 0 Å². The zero-order valence-corrected chi connectivity index (χ0v) is 11.4. The summed E-state index contributed by atoms with van der Waals surface area (Å²) in [4.78, 5) is 2.78. The Morgan fingerprint density at radius 1 is 1.15 bits per heavy atom. The first-order valence-electron chi connectivity index (χ1n) is 5.91. The minimum atomic E-state index is 0.244. The molecule has 100 valence electrons. The molecule has 1 N–H and O–H groups in total. The highest BCUT2D eigenvalue weighted by Crippen LogP contribution is 2.19. The van der Waals surface area contributed by atoms with Crippen molar-refractivity contribution < 1.29 is 4.74 Å². The van der Waals surface area contributed by atoms with Crippen molar-refractivity contribution in [2.75, 3.05) is 5.32 Å². The fraction of sp³-hybridized carbons (Fsp3) is 0.0714. The van der Waals surface area contributed by atoms with Gasteiger partial charge in [-0.2, -0.15) is 0 Å². The van der Waals surface area contributed by atoms with E-state index in [0.717, 1.165) is 11.3 Å². The zero-order chi connectivity index (χ0) is 14.2. The van der Waals surface area contributed by atoms with Gasteiger partial charge < -0.3 is 10.1 Å². The van der Waals surface area contributed by atoms with E-state index in [-0.39, 0.29) is 11.8 Å². The average molecular weight is 284 g/mol. The Bertz CT molecular complexity index is 639. The molecule has 0 aliphatic carbocycles. The van der Waals surface area contributed by atoms with Crippen LogP contribution in [0.5, 0.6) is 0 Å². The van der Waals surface area contributed by atoms with Crippen LogP contribution >= 0.6 is 12.2 Å². The van der Waals surface area contributed by atoms with Crippen molar-refractivity contribution in [1.29, 1.82) is 0 Å². The number of para-hydroxylation sites is 1. The van der Waals surface area contributed by atoms with Crippen LogP contribution in [0, 0.1) is 0 Å². The van der Waals surface area contributed by atoms with E-state index in [0.29, 0.717) is 5.69 Å². The van der Waals surface area contributed by atoms with E-state index in [4.69, 9.17) is 22.5 Å². The van der Waals surface area contributed by atoms with Gasteiger partial charge in [-0.05, 0) is 35.4 Å². The Kier molecular flexibility index (Phi) is 4.94. The molecule has 0 fully saturated rings. The SMILES string of the molecule is [N-]=[N+]=Nc1ccccc1COC(=S)Nc1ccccc1. The summed E-state index contributed by atoms with van der Waals surface area (Å²) in [5.41, 5.74) is 10.7. The third-order valence-corrected chi connectivity index (χ3v) is 2.74. The molecule has 2 rings (SSSR count). The topological polar surface area (TPSA) is 70.0 Å². The second-order valence-electron chi connectivity index (χ2n) is 3.89. The van der Waals surface area contributed by atoms with Gasteiger partial charge in [-0.1, -0.05) is 47.6 Å². The fourth-order valence-corrected chi connectivity index (χ4v) is 1.77. The summed E-state index contributed by atoms with van der Waals surface area (Å²) in [6, 6.07) is 16.7. The molecule has 6 heteroatoms. The normalized spacial score (nSPS) is 9.40. The zero-order valence-electron chi connectivity index (χ0n) is 10.6. The van der Waals surface area contributed by atoms with Gasteiger partial charge in [-0.25, -0.2) is 0 Å². The number of azide groups is 1. The number of thiocarbonyl (C=S) groups is 1. The number of hydrogen-bond donors (Lipinski definition) is 1. The third kappa shape index (κ3) is 3.98. The van der Waals surface area contributed by atoms with E-state index in [9.17, 15) is 0 Å². The van der Waals surface area contributed by atoms with Crippen LogP contribution in [0.25, 0.3) is 10.4 Å². The smallest absolute Gasteiger partial charge is 0.261 e. The van der Waals surface area contributed by atoms with Gasteiger partial charge in [0.15, 0.2) is 0 Å². The fourth-order valence-electron chi connectivity index (χ4n) is 1.60. The second-order valence-corrected chi connectivity index (χ2v) is 4.26. The van der Waals surface area contributed by atoms with Gasteiger partial charge in [-0.3, -0.25) is 0 Å². The molecule has 0 heterocycles. The molecule has 0 spiro atoms. The van der Waals surface area contributed by atoms with Crippen LogP contribution < -0.4 is 5.32 Å². The van der Waals surface area contributed by atoms with Crippen molar-refractivity contribution in [1.82, 2.24) is 0 Å². The van der Waals surface area contributed by atoms with Gasteiger partial charge >= 0.3 is 0 Å². The highest BCUT2D eigenvalue weighted by Gasteiger charge is 2.03. The van der Waals surface area contributed by atoms with Crippen LogP contribution in [0.3, 0.4) is 0 Å². The quantitative estimate of drug-likeness (QED) is 0.388. The van der Waals surface area contributed by atoms with Gasteiger partial charge in [0.1, 0.15) is 6.61 Å². The molecular formula is C14H12N4OS. The summed E-state index contributed by atoms with van der Waals surface area (Å²) in [7, 11) is 0. The first-order chi connectivity index (χ1) is 9.79. The van der Waals surface area contributed by atoms with Crippen molar-refractivity contribution in [3.05, 3.63) is 70.6 Å². The standard InChI is InChI=1S/C14H12N4OS/c15-18-17-13-9-5-4-6-11(13)10-19-14(20)16-12-7-2-1-3-8-12/h1-9H,10H2,(H,16,20). The summed E-state index contributed by atoms with van der Waals surface area (Å²) in [6.45, 7) is 0.244. The molecule has 20 heavy (non-hydrogen) atoms. The van der Waals surface area contributed by atoms with E-state index in [2.05, 4.69) is 15.3 Å². The van der Waals surface area contributed by atoms with E-state index < -0.39 is 0 Å². The Hall–Kier alpha value is -2.56. The molecule has 0 bridgehead atoms. The molecule has 0 aromatic heterocycles. The van der Waals surface area contributed by atoms with Crippen molar-refractivity contribution in [2.24, 2.45) is 5.11 Å². The van der Waals surface area contributed by atoms with E-state index in [1.807, 2.05) is 42.5 Å². The Morgan fingerprint density at radius 2 is 1.85 bits per heavy atom. The molecule has 0 aliphatic heterocycles. The lowest BCUT2D eigenvalue weighted by atomic mass is 10.2. The summed E-state index contributed by atoms with van der Waals surface area (Å²) >= 11 is 5.11. The Labute approximate surface area is 121 Å². The van der Waals surface area contributed by atoms with Gasteiger partial charge in [0.2, 0.25) is 0 Å². The van der Waals surface area contributed by atoms with Crippen LogP contribution in [0.2, 0.25) is 0 Å². The molecule has 2 aromatic rings. The van der Waals surface area contributed by atoms with Gasteiger partial charge in [0.05, 0.1) is 0 Å². The maximum Gasteiger partial charge on any atom is 0.261 e. The van der Waals surface area contributed by atoms with Crippen LogP contribution in [0.15, 0.2) is 59.7 Å². The molecule has 0 saturated heterocycles. The number of rotatable bonds is 4. The molecule has 0 aliphatic rings. The van der Waals surface area contributed by atoms with Crippen molar-refractivity contribution in [3.8, 4) is 0 Å². The Morgan fingerprint density at radius 3 is 2.60 bits per heavy atom. The summed E-state index contributed by atoms with van der Waals surface area (Å²) in [5, 5.41) is 6.85. The minimum Gasteiger partial charge on any atom is -0.466 e. The number of nitrogens with zero attached hydrogens (tertiary/aromatic N) is 3. The van der Waals surface area contributed by atoms with Crippen molar-refractivity contribution in [3.63, 3.8) is 0 Å². The number of hydrogen-bond acceptors (Lipinski definition) is 3. The average Bonchev–Trinajstić information content (AvgIpc) is 2.48. The van der Waals surface area contributed by atoms with Crippen molar-refractivity contribution >= 4 is 28.8 Å². The van der Waals surface area contributed by atoms with Gasteiger partial charge in [0.25, 0.3) is 5.17 Å². The molecule has 2 aromatic carbocycles. The molecule has 0 saturated carbocycles. The molecule has 0 atom stereocenters. The number of nitrogens with one attached hydrogen (secondary N) is 1. The van der Waals surface area contributed by atoms with Crippen LogP contribution in [-0.2, 0) is 11.3 Å². The summed E-state index contributed by atoms with van der Waals surface area (Å²) in [5.74, 6) is 0. The number of ether oxygens (including phenoxy) is 1. The van der Waals surface area contributed by atoms with Crippen molar-refractivity contribution in [2.45, 2.75) is 6.61 Å². The minimum absolute atomic E-state index is 0.244. The predicted molar refractivity (Wildman–Crippen MR) is 82.7 cm³/mol. The molecule has 0 unspecified atom stereocenters.